The number of pyridine rings is 1. The fourth-order valence-corrected chi connectivity index (χ4v) is 4.37. The Balaban J connectivity index is 1.58. The van der Waals surface area contributed by atoms with E-state index in [4.69, 9.17) is 10.5 Å². The molecule has 1 aliphatic rings. The summed E-state index contributed by atoms with van der Waals surface area (Å²) in [5.74, 6) is 0. The Labute approximate surface area is 168 Å². The van der Waals surface area contributed by atoms with Crippen LogP contribution in [0, 0.1) is 0 Å². The summed E-state index contributed by atoms with van der Waals surface area (Å²) in [6.45, 7) is 4.50. The van der Waals surface area contributed by atoms with Gasteiger partial charge in [-0.2, -0.15) is 0 Å². The van der Waals surface area contributed by atoms with Crippen molar-refractivity contribution in [3.05, 3.63) is 60.4 Å². The molecule has 3 aromatic rings. The lowest BCUT2D eigenvalue weighted by Crippen LogP contribution is -2.35. The van der Waals surface area contributed by atoms with Crippen molar-refractivity contribution in [2.75, 3.05) is 31.6 Å². The summed E-state index contributed by atoms with van der Waals surface area (Å²) in [5.41, 5.74) is 9.40. The minimum atomic E-state index is -0.574. The molecule has 6 nitrogen and oxygen atoms in total. The van der Waals surface area contributed by atoms with Gasteiger partial charge in [0.05, 0.1) is 23.8 Å². The fraction of sp³-hybridized carbons (Fsp3) is 0.238. The number of nitrogens with one attached hydrogen (secondary N) is 1. The average molecular weight is 394 g/mol. The maximum atomic E-state index is 11.4. The lowest BCUT2D eigenvalue weighted by Gasteiger charge is -2.26. The van der Waals surface area contributed by atoms with Crippen LogP contribution in [0.3, 0.4) is 0 Å². The number of hydrogen-bond acceptors (Lipinski definition) is 5. The van der Waals surface area contributed by atoms with Crippen molar-refractivity contribution >= 4 is 23.1 Å². The molecule has 0 atom stereocenters. The number of benzene rings is 1. The molecule has 2 aromatic heterocycles. The molecule has 28 heavy (non-hydrogen) atoms. The first-order chi connectivity index (χ1) is 13.7. The fourth-order valence-electron chi connectivity index (χ4n) is 3.26. The molecule has 0 spiro atoms. The number of carbonyl (C=O) groups is 1. The van der Waals surface area contributed by atoms with Crippen LogP contribution in [-0.4, -0.2) is 42.2 Å². The maximum Gasteiger partial charge on any atom is 0.316 e. The number of rotatable bonds is 5. The van der Waals surface area contributed by atoms with E-state index in [1.54, 1.807) is 23.7 Å². The van der Waals surface area contributed by atoms with Crippen LogP contribution in [0.2, 0.25) is 0 Å². The number of nitrogens with zero attached hydrogens (tertiary/aromatic N) is 2. The number of urea groups is 1. The SMILES string of the molecule is NC(=O)Nc1cc(-c2ccc(CN3CCOCC3)cc2)sc1-c1cccnc1. The van der Waals surface area contributed by atoms with Crippen LogP contribution in [0.5, 0.6) is 0 Å². The van der Waals surface area contributed by atoms with Gasteiger partial charge in [-0.25, -0.2) is 4.79 Å². The van der Waals surface area contributed by atoms with Gasteiger partial charge in [0, 0.05) is 42.5 Å². The molecule has 3 N–H and O–H groups in total. The highest BCUT2D eigenvalue weighted by atomic mass is 32.1. The first kappa shape index (κ1) is 18.6. The van der Waals surface area contributed by atoms with Crippen LogP contribution in [0.15, 0.2) is 54.9 Å². The third-order valence-electron chi connectivity index (χ3n) is 4.66. The quantitative estimate of drug-likeness (QED) is 0.690. The normalized spacial score (nSPS) is 14.7. The van der Waals surface area contributed by atoms with Crippen LogP contribution >= 0.6 is 11.3 Å². The van der Waals surface area contributed by atoms with Gasteiger partial charge in [-0.15, -0.1) is 11.3 Å². The van der Waals surface area contributed by atoms with Gasteiger partial charge in [-0.1, -0.05) is 30.3 Å². The van der Waals surface area contributed by atoms with Crippen LogP contribution in [-0.2, 0) is 11.3 Å². The van der Waals surface area contributed by atoms with Gasteiger partial charge in [-0.3, -0.25) is 9.88 Å². The van der Waals surface area contributed by atoms with Crippen molar-refractivity contribution in [1.82, 2.24) is 9.88 Å². The number of hydrogen-bond donors (Lipinski definition) is 2. The number of carbonyl (C=O) groups excluding carboxylic acids is 1. The molecule has 0 bridgehead atoms. The third kappa shape index (κ3) is 4.39. The Morgan fingerprint density at radius 3 is 2.64 bits per heavy atom. The number of ether oxygens (including phenoxy) is 1. The predicted octanol–water partition coefficient (Wildman–Crippen LogP) is 3.80. The number of amides is 2. The Morgan fingerprint density at radius 1 is 1.18 bits per heavy atom. The molecular weight excluding hydrogens is 372 g/mol. The summed E-state index contributed by atoms with van der Waals surface area (Å²) in [6, 6.07) is 13.8. The van der Waals surface area contributed by atoms with Gasteiger partial charge in [0.15, 0.2) is 0 Å². The highest BCUT2D eigenvalue weighted by Gasteiger charge is 2.15. The molecule has 1 aromatic carbocycles. The van der Waals surface area contributed by atoms with Crippen molar-refractivity contribution in [2.24, 2.45) is 5.73 Å². The van der Waals surface area contributed by atoms with E-state index in [-0.39, 0.29) is 0 Å². The van der Waals surface area contributed by atoms with Gasteiger partial charge in [0.1, 0.15) is 0 Å². The van der Waals surface area contributed by atoms with E-state index in [0.717, 1.165) is 53.7 Å². The average Bonchev–Trinajstić information content (AvgIpc) is 3.13. The smallest absolute Gasteiger partial charge is 0.316 e. The molecule has 7 heteroatoms. The molecule has 1 aliphatic heterocycles. The van der Waals surface area contributed by atoms with Crippen molar-refractivity contribution < 1.29 is 9.53 Å². The minimum Gasteiger partial charge on any atom is -0.379 e. The summed E-state index contributed by atoms with van der Waals surface area (Å²) >= 11 is 1.61. The van der Waals surface area contributed by atoms with Crippen molar-refractivity contribution in [2.45, 2.75) is 6.54 Å². The largest absolute Gasteiger partial charge is 0.379 e. The molecule has 4 rings (SSSR count). The zero-order valence-electron chi connectivity index (χ0n) is 15.4. The summed E-state index contributed by atoms with van der Waals surface area (Å²) < 4.78 is 5.41. The summed E-state index contributed by atoms with van der Waals surface area (Å²) in [5, 5.41) is 2.73. The van der Waals surface area contributed by atoms with Crippen molar-refractivity contribution in [3.63, 3.8) is 0 Å². The second-order valence-electron chi connectivity index (χ2n) is 6.67. The molecule has 3 heterocycles. The summed E-state index contributed by atoms with van der Waals surface area (Å²) in [7, 11) is 0. The number of primary amides is 1. The van der Waals surface area contributed by atoms with E-state index in [2.05, 4.69) is 39.5 Å². The zero-order chi connectivity index (χ0) is 19.3. The standard InChI is InChI=1S/C21H22N4O2S/c22-21(26)24-18-12-19(28-20(18)17-2-1-7-23-13-17)16-5-3-15(4-6-16)14-25-8-10-27-11-9-25/h1-7,12-13H,8-11,14H2,(H3,22,24,26). The molecule has 0 unspecified atom stereocenters. The number of nitrogens with two attached hydrogens (primary N) is 1. The van der Waals surface area contributed by atoms with Crippen molar-refractivity contribution in [3.8, 4) is 20.9 Å². The molecule has 0 saturated carbocycles. The van der Waals surface area contributed by atoms with Gasteiger partial charge >= 0.3 is 6.03 Å². The third-order valence-corrected chi connectivity index (χ3v) is 5.90. The maximum absolute atomic E-state index is 11.4. The van der Waals surface area contributed by atoms with Gasteiger partial charge in [0.25, 0.3) is 0 Å². The Bertz CT molecular complexity index is 935. The van der Waals surface area contributed by atoms with E-state index in [1.807, 2.05) is 18.2 Å². The number of anilines is 1. The minimum absolute atomic E-state index is 0.574. The number of morpholine rings is 1. The summed E-state index contributed by atoms with van der Waals surface area (Å²) in [6.07, 6.45) is 3.51. The van der Waals surface area contributed by atoms with Gasteiger partial charge < -0.3 is 15.8 Å². The lowest BCUT2D eigenvalue weighted by atomic mass is 10.1. The Kier molecular flexibility index (Phi) is 5.66. The van der Waals surface area contributed by atoms with Crippen molar-refractivity contribution in [1.29, 1.82) is 0 Å². The Hall–Kier alpha value is -2.74. The molecule has 0 radical (unpaired) electrons. The monoisotopic (exact) mass is 394 g/mol. The summed E-state index contributed by atoms with van der Waals surface area (Å²) in [4.78, 5) is 20.0. The molecule has 144 valence electrons. The lowest BCUT2D eigenvalue weighted by molar-refractivity contribution is 0.0342. The second kappa shape index (κ2) is 8.52. The molecule has 0 aliphatic carbocycles. The topological polar surface area (TPSA) is 80.5 Å². The first-order valence-corrected chi connectivity index (χ1v) is 10.0. The first-order valence-electron chi connectivity index (χ1n) is 9.19. The van der Waals surface area contributed by atoms with E-state index >= 15 is 0 Å². The van der Waals surface area contributed by atoms with E-state index in [0.29, 0.717) is 5.69 Å². The molecule has 1 saturated heterocycles. The van der Waals surface area contributed by atoms with E-state index < -0.39 is 6.03 Å². The highest BCUT2D eigenvalue weighted by molar-refractivity contribution is 7.19. The number of thiophene rings is 1. The van der Waals surface area contributed by atoms with Crippen LogP contribution in [0.4, 0.5) is 10.5 Å². The second-order valence-corrected chi connectivity index (χ2v) is 7.72. The molecule has 2 amide bonds. The zero-order valence-corrected chi connectivity index (χ0v) is 16.2. The van der Waals surface area contributed by atoms with Crippen LogP contribution in [0.1, 0.15) is 5.56 Å². The molecule has 1 fully saturated rings. The molecular formula is C21H22N4O2S. The Morgan fingerprint density at radius 2 is 1.96 bits per heavy atom. The predicted molar refractivity (Wildman–Crippen MR) is 112 cm³/mol. The van der Waals surface area contributed by atoms with E-state index in [9.17, 15) is 4.79 Å². The van der Waals surface area contributed by atoms with Gasteiger partial charge in [-0.05, 0) is 23.3 Å². The van der Waals surface area contributed by atoms with Crippen LogP contribution < -0.4 is 11.1 Å². The van der Waals surface area contributed by atoms with E-state index in [1.165, 1.54) is 5.56 Å². The number of aromatic nitrogens is 1. The van der Waals surface area contributed by atoms with Crippen LogP contribution in [0.25, 0.3) is 20.9 Å². The van der Waals surface area contributed by atoms with Gasteiger partial charge in [0.2, 0.25) is 0 Å². The highest BCUT2D eigenvalue weighted by Crippen LogP contribution is 2.41.